The standard InChI is InChI=1S/C14H25NO3/c1-10(14(2,3)4)9-12(16)15-7-5-11(6-8-15)13(17)18/h10-11H,5-9H2,1-4H3,(H,17,18)/t10-/m0/s1. The first-order valence-corrected chi connectivity index (χ1v) is 6.72. The lowest BCUT2D eigenvalue weighted by molar-refractivity contribution is -0.146. The number of carboxylic acid groups (broad SMARTS) is 1. The minimum absolute atomic E-state index is 0.134. The number of nitrogens with zero attached hydrogens (tertiary/aromatic N) is 1. The fourth-order valence-electron chi connectivity index (χ4n) is 2.07. The molecular formula is C14H25NO3. The van der Waals surface area contributed by atoms with Crippen LogP contribution in [0, 0.1) is 17.3 Å². The van der Waals surface area contributed by atoms with Crippen LogP contribution < -0.4 is 0 Å². The summed E-state index contributed by atoms with van der Waals surface area (Å²) in [7, 11) is 0. The Bertz CT molecular complexity index is 311. The highest BCUT2D eigenvalue weighted by atomic mass is 16.4. The fourth-order valence-corrected chi connectivity index (χ4v) is 2.07. The third-order valence-corrected chi connectivity index (χ3v) is 4.16. The summed E-state index contributed by atoms with van der Waals surface area (Å²) in [4.78, 5) is 24.8. The monoisotopic (exact) mass is 255 g/mol. The molecule has 0 aliphatic carbocycles. The Morgan fingerprint density at radius 1 is 1.28 bits per heavy atom. The second-order valence-corrected chi connectivity index (χ2v) is 6.46. The zero-order chi connectivity index (χ0) is 13.9. The van der Waals surface area contributed by atoms with Gasteiger partial charge >= 0.3 is 5.97 Å². The van der Waals surface area contributed by atoms with Crippen LogP contribution in [-0.2, 0) is 9.59 Å². The molecule has 0 aromatic rings. The molecule has 0 aromatic heterocycles. The Hall–Kier alpha value is -1.06. The summed E-state index contributed by atoms with van der Waals surface area (Å²) in [5, 5.41) is 8.91. The van der Waals surface area contributed by atoms with Gasteiger partial charge in [0.15, 0.2) is 0 Å². The molecule has 18 heavy (non-hydrogen) atoms. The maximum atomic E-state index is 12.1. The molecule has 1 atom stereocenters. The van der Waals surface area contributed by atoms with Gasteiger partial charge in [0.25, 0.3) is 0 Å². The Labute approximate surface area is 109 Å². The molecule has 0 saturated carbocycles. The van der Waals surface area contributed by atoms with Gasteiger partial charge in [-0.25, -0.2) is 0 Å². The van der Waals surface area contributed by atoms with Crippen LogP contribution in [0.2, 0.25) is 0 Å². The van der Waals surface area contributed by atoms with Gasteiger partial charge in [0.1, 0.15) is 0 Å². The summed E-state index contributed by atoms with van der Waals surface area (Å²) in [6.45, 7) is 9.70. The third kappa shape index (κ3) is 4.00. The first-order chi connectivity index (χ1) is 8.21. The lowest BCUT2D eigenvalue weighted by Crippen LogP contribution is -2.41. The first kappa shape index (κ1) is 15.0. The van der Waals surface area contributed by atoms with Gasteiger partial charge in [0.05, 0.1) is 5.92 Å². The molecular weight excluding hydrogens is 230 g/mol. The summed E-state index contributed by atoms with van der Waals surface area (Å²) < 4.78 is 0. The summed E-state index contributed by atoms with van der Waals surface area (Å²) >= 11 is 0. The predicted octanol–water partition coefficient (Wildman–Crippen LogP) is 2.38. The number of hydrogen-bond acceptors (Lipinski definition) is 2. The zero-order valence-electron chi connectivity index (χ0n) is 11.9. The SMILES string of the molecule is C[C@@H](CC(=O)N1CCC(C(=O)O)CC1)C(C)(C)C. The molecule has 0 unspecified atom stereocenters. The van der Waals surface area contributed by atoms with E-state index in [2.05, 4.69) is 27.7 Å². The topological polar surface area (TPSA) is 57.6 Å². The number of carbonyl (C=O) groups is 2. The van der Waals surface area contributed by atoms with Gasteiger partial charge in [-0.15, -0.1) is 0 Å². The maximum absolute atomic E-state index is 12.1. The van der Waals surface area contributed by atoms with Crippen molar-refractivity contribution in [1.82, 2.24) is 4.90 Å². The van der Waals surface area contributed by atoms with E-state index in [9.17, 15) is 9.59 Å². The lowest BCUT2D eigenvalue weighted by atomic mass is 9.80. The van der Waals surface area contributed by atoms with Crippen LogP contribution in [0.4, 0.5) is 0 Å². The quantitative estimate of drug-likeness (QED) is 0.842. The molecule has 1 fully saturated rings. The second kappa shape index (κ2) is 5.72. The van der Waals surface area contributed by atoms with E-state index in [1.165, 1.54) is 0 Å². The van der Waals surface area contributed by atoms with E-state index >= 15 is 0 Å². The highest BCUT2D eigenvalue weighted by Crippen LogP contribution is 2.29. The number of likely N-dealkylation sites (tertiary alicyclic amines) is 1. The van der Waals surface area contributed by atoms with Crippen LogP contribution in [0.15, 0.2) is 0 Å². The van der Waals surface area contributed by atoms with Crippen LogP contribution in [0.1, 0.15) is 47.0 Å². The Kier molecular flexibility index (Phi) is 4.77. The highest BCUT2D eigenvalue weighted by molar-refractivity contribution is 5.77. The molecule has 1 N–H and O–H groups in total. The van der Waals surface area contributed by atoms with Gasteiger partial charge in [-0.1, -0.05) is 27.7 Å². The van der Waals surface area contributed by atoms with E-state index in [-0.39, 0.29) is 17.2 Å². The number of hydrogen-bond donors (Lipinski definition) is 1. The largest absolute Gasteiger partial charge is 0.481 e. The van der Waals surface area contributed by atoms with Gasteiger partial charge in [-0.05, 0) is 24.2 Å². The van der Waals surface area contributed by atoms with E-state index < -0.39 is 5.97 Å². The second-order valence-electron chi connectivity index (χ2n) is 6.46. The van der Waals surface area contributed by atoms with Crippen molar-refractivity contribution in [2.45, 2.75) is 47.0 Å². The normalized spacial score (nSPS) is 19.7. The Morgan fingerprint density at radius 2 is 1.78 bits per heavy atom. The first-order valence-electron chi connectivity index (χ1n) is 6.72. The van der Waals surface area contributed by atoms with Crippen molar-refractivity contribution in [3.8, 4) is 0 Å². The smallest absolute Gasteiger partial charge is 0.306 e. The van der Waals surface area contributed by atoms with Gasteiger partial charge in [0, 0.05) is 19.5 Å². The van der Waals surface area contributed by atoms with Crippen molar-refractivity contribution in [3.63, 3.8) is 0 Å². The molecule has 1 amide bonds. The molecule has 1 aliphatic heterocycles. The molecule has 1 rings (SSSR count). The molecule has 0 bridgehead atoms. The van der Waals surface area contributed by atoms with Crippen molar-refractivity contribution in [2.75, 3.05) is 13.1 Å². The van der Waals surface area contributed by atoms with Crippen molar-refractivity contribution in [1.29, 1.82) is 0 Å². The van der Waals surface area contributed by atoms with Gasteiger partial charge in [0.2, 0.25) is 5.91 Å². The van der Waals surface area contributed by atoms with E-state index in [1.54, 1.807) is 0 Å². The molecule has 4 nitrogen and oxygen atoms in total. The number of aliphatic carboxylic acids is 1. The molecule has 1 saturated heterocycles. The number of carboxylic acids is 1. The molecule has 104 valence electrons. The van der Waals surface area contributed by atoms with Crippen LogP contribution >= 0.6 is 0 Å². The molecule has 0 spiro atoms. The van der Waals surface area contributed by atoms with Crippen LogP contribution in [-0.4, -0.2) is 35.0 Å². The van der Waals surface area contributed by atoms with Crippen LogP contribution in [0.3, 0.4) is 0 Å². The van der Waals surface area contributed by atoms with Crippen molar-refractivity contribution < 1.29 is 14.7 Å². The minimum atomic E-state index is -0.731. The molecule has 4 heteroatoms. The van der Waals surface area contributed by atoms with Gasteiger partial charge in [-0.3, -0.25) is 9.59 Å². The van der Waals surface area contributed by atoms with E-state index in [4.69, 9.17) is 5.11 Å². The van der Waals surface area contributed by atoms with Crippen molar-refractivity contribution >= 4 is 11.9 Å². The van der Waals surface area contributed by atoms with E-state index in [0.717, 1.165) is 0 Å². The highest BCUT2D eigenvalue weighted by Gasteiger charge is 2.29. The number of amides is 1. The van der Waals surface area contributed by atoms with Crippen LogP contribution in [0.5, 0.6) is 0 Å². The van der Waals surface area contributed by atoms with Gasteiger partial charge in [-0.2, -0.15) is 0 Å². The summed E-state index contributed by atoms with van der Waals surface area (Å²) in [6.07, 6.45) is 1.73. The maximum Gasteiger partial charge on any atom is 0.306 e. The van der Waals surface area contributed by atoms with E-state index in [1.807, 2.05) is 4.90 Å². The minimum Gasteiger partial charge on any atom is -0.481 e. The van der Waals surface area contributed by atoms with Crippen molar-refractivity contribution in [3.05, 3.63) is 0 Å². The number of carbonyl (C=O) groups excluding carboxylic acids is 1. The lowest BCUT2D eigenvalue weighted by Gasteiger charge is -2.33. The Balaban J connectivity index is 2.43. The molecule has 0 aromatic carbocycles. The van der Waals surface area contributed by atoms with Crippen molar-refractivity contribution in [2.24, 2.45) is 17.3 Å². The third-order valence-electron chi connectivity index (χ3n) is 4.16. The zero-order valence-corrected chi connectivity index (χ0v) is 11.9. The van der Waals surface area contributed by atoms with Crippen LogP contribution in [0.25, 0.3) is 0 Å². The predicted molar refractivity (Wildman–Crippen MR) is 70.2 cm³/mol. The van der Waals surface area contributed by atoms with E-state index in [0.29, 0.717) is 38.3 Å². The average molecular weight is 255 g/mol. The summed E-state index contributed by atoms with van der Waals surface area (Å²) in [6, 6.07) is 0. The number of piperidine rings is 1. The summed E-state index contributed by atoms with van der Waals surface area (Å²) in [5.41, 5.74) is 0.134. The number of rotatable bonds is 3. The molecule has 0 radical (unpaired) electrons. The molecule has 1 aliphatic rings. The molecule has 1 heterocycles. The fraction of sp³-hybridized carbons (Fsp3) is 0.857. The Morgan fingerprint density at radius 3 is 2.17 bits per heavy atom. The summed E-state index contributed by atoms with van der Waals surface area (Å²) in [5.74, 6) is -0.497. The average Bonchev–Trinajstić information content (AvgIpc) is 2.27. The van der Waals surface area contributed by atoms with Gasteiger partial charge < -0.3 is 10.0 Å².